The van der Waals surface area contributed by atoms with E-state index in [1.807, 2.05) is 7.05 Å². The Labute approximate surface area is 99.0 Å². The molecule has 0 fully saturated rings. The maximum absolute atomic E-state index is 5.15. The Morgan fingerprint density at radius 1 is 1.12 bits per heavy atom. The zero-order chi connectivity index (χ0) is 12.1. The van der Waals surface area contributed by atoms with Crippen molar-refractivity contribution < 1.29 is 4.74 Å². The number of benzene rings is 1. The van der Waals surface area contributed by atoms with Crippen molar-refractivity contribution in [2.45, 2.75) is 33.2 Å². The smallest absolute Gasteiger partial charge is 0.0480 e. The second-order valence-corrected chi connectivity index (χ2v) is 4.42. The Bertz CT molecular complexity index is 347. The van der Waals surface area contributed by atoms with Crippen LogP contribution in [0.4, 0.5) is 0 Å². The van der Waals surface area contributed by atoms with E-state index in [2.05, 4.69) is 38.2 Å². The molecule has 0 aliphatic heterocycles. The van der Waals surface area contributed by atoms with E-state index in [0.717, 1.165) is 13.0 Å². The minimum atomic E-state index is 0.388. The second kappa shape index (κ2) is 6.02. The minimum absolute atomic E-state index is 0.388. The van der Waals surface area contributed by atoms with Gasteiger partial charge in [0.15, 0.2) is 0 Å². The number of nitrogens with one attached hydrogen (secondary N) is 1. The van der Waals surface area contributed by atoms with Crippen molar-refractivity contribution in [1.29, 1.82) is 0 Å². The van der Waals surface area contributed by atoms with Crippen LogP contribution in [-0.4, -0.2) is 20.8 Å². The SMILES string of the molecule is CNC(CCOC)c1cc(C)c(C)cc1C. The van der Waals surface area contributed by atoms with Crippen LogP contribution in [0.5, 0.6) is 0 Å². The van der Waals surface area contributed by atoms with Gasteiger partial charge in [-0.05, 0) is 56.5 Å². The zero-order valence-electron chi connectivity index (χ0n) is 11.1. The molecular weight excluding hydrogens is 198 g/mol. The summed E-state index contributed by atoms with van der Waals surface area (Å²) >= 11 is 0. The molecular formula is C14H23NO. The molecule has 0 saturated carbocycles. The summed E-state index contributed by atoms with van der Waals surface area (Å²) < 4.78 is 5.15. The molecule has 1 rings (SSSR count). The van der Waals surface area contributed by atoms with Gasteiger partial charge in [0.2, 0.25) is 0 Å². The van der Waals surface area contributed by atoms with Crippen LogP contribution in [0.3, 0.4) is 0 Å². The molecule has 0 heterocycles. The van der Waals surface area contributed by atoms with Gasteiger partial charge >= 0.3 is 0 Å². The third kappa shape index (κ3) is 3.06. The molecule has 1 N–H and O–H groups in total. The van der Waals surface area contributed by atoms with Gasteiger partial charge in [-0.15, -0.1) is 0 Å². The minimum Gasteiger partial charge on any atom is -0.385 e. The van der Waals surface area contributed by atoms with Gasteiger partial charge in [-0.3, -0.25) is 0 Å². The van der Waals surface area contributed by atoms with E-state index in [9.17, 15) is 0 Å². The van der Waals surface area contributed by atoms with Gasteiger partial charge in [0.25, 0.3) is 0 Å². The maximum Gasteiger partial charge on any atom is 0.0480 e. The van der Waals surface area contributed by atoms with E-state index in [-0.39, 0.29) is 0 Å². The van der Waals surface area contributed by atoms with Crippen molar-refractivity contribution in [3.8, 4) is 0 Å². The first kappa shape index (κ1) is 13.2. The Hall–Kier alpha value is -0.860. The second-order valence-electron chi connectivity index (χ2n) is 4.42. The van der Waals surface area contributed by atoms with Crippen LogP contribution in [0.25, 0.3) is 0 Å². The fourth-order valence-electron chi connectivity index (χ4n) is 2.05. The van der Waals surface area contributed by atoms with Crippen LogP contribution >= 0.6 is 0 Å². The van der Waals surface area contributed by atoms with Gasteiger partial charge in [0, 0.05) is 19.8 Å². The Kier molecular flexibility index (Phi) is 4.97. The van der Waals surface area contributed by atoms with Gasteiger partial charge in [-0.1, -0.05) is 12.1 Å². The van der Waals surface area contributed by atoms with Crippen molar-refractivity contribution in [2.24, 2.45) is 0 Å². The summed E-state index contributed by atoms with van der Waals surface area (Å²) in [5, 5.41) is 3.36. The molecule has 16 heavy (non-hydrogen) atoms. The summed E-state index contributed by atoms with van der Waals surface area (Å²) in [6, 6.07) is 4.95. The fourth-order valence-corrected chi connectivity index (χ4v) is 2.05. The number of hydrogen-bond acceptors (Lipinski definition) is 2. The summed E-state index contributed by atoms with van der Waals surface area (Å²) in [7, 11) is 3.76. The topological polar surface area (TPSA) is 21.3 Å². The highest BCUT2D eigenvalue weighted by molar-refractivity contribution is 5.38. The summed E-state index contributed by atoms with van der Waals surface area (Å²) in [5.41, 5.74) is 5.47. The first-order chi connectivity index (χ1) is 7.60. The maximum atomic E-state index is 5.15. The van der Waals surface area contributed by atoms with Gasteiger partial charge in [0.1, 0.15) is 0 Å². The van der Waals surface area contributed by atoms with Crippen LogP contribution in [0.1, 0.15) is 34.7 Å². The predicted molar refractivity (Wildman–Crippen MR) is 68.9 cm³/mol. The molecule has 2 heteroatoms. The van der Waals surface area contributed by atoms with Gasteiger partial charge in [-0.25, -0.2) is 0 Å². The van der Waals surface area contributed by atoms with Crippen molar-refractivity contribution >= 4 is 0 Å². The molecule has 1 unspecified atom stereocenters. The monoisotopic (exact) mass is 221 g/mol. The summed E-state index contributed by atoms with van der Waals surface area (Å²) in [6.45, 7) is 7.30. The van der Waals surface area contributed by atoms with Crippen molar-refractivity contribution in [1.82, 2.24) is 5.32 Å². The average molecular weight is 221 g/mol. The third-order valence-electron chi connectivity index (χ3n) is 3.22. The highest BCUT2D eigenvalue weighted by Gasteiger charge is 2.12. The Morgan fingerprint density at radius 2 is 1.75 bits per heavy atom. The van der Waals surface area contributed by atoms with Crippen LogP contribution in [-0.2, 0) is 4.74 Å². The average Bonchev–Trinajstić information content (AvgIpc) is 2.26. The van der Waals surface area contributed by atoms with Crippen LogP contribution < -0.4 is 5.32 Å². The molecule has 0 saturated heterocycles. The lowest BCUT2D eigenvalue weighted by atomic mass is 9.94. The summed E-state index contributed by atoms with van der Waals surface area (Å²) in [5.74, 6) is 0. The molecule has 0 amide bonds. The molecule has 1 atom stereocenters. The van der Waals surface area contributed by atoms with Crippen molar-refractivity contribution in [2.75, 3.05) is 20.8 Å². The van der Waals surface area contributed by atoms with Gasteiger partial charge in [-0.2, -0.15) is 0 Å². The summed E-state index contributed by atoms with van der Waals surface area (Å²) in [6.07, 6.45) is 1.01. The molecule has 1 aromatic rings. The molecule has 0 aromatic heterocycles. The van der Waals surface area contributed by atoms with Crippen LogP contribution in [0.15, 0.2) is 12.1 Å². The fraction of sp³-hybridized carbons (Fsp3) is 0.571. The number of ether oxygens (including phenoxy) is 1. The van der Waals surface area contributed by atoms with Gasteiger partial charge < -0.3 is 10.1 Å². The molecule has 0 aliphatic rings. The quantitative estimate of drug-likeness (QED) is 0.825. The largest absolute Gasteiger partial charge is 0.385 e. The molecule has 90 valence electrons. The van der Waals surface area contributed by atoms with E-state index in [1.54, 1.807) is 7.11 Å². The number of hydrogen-bond donors (Lipinski definition) is 1. The normalized spacial score (nSPS) is 12.8. The summed E-state index contributed by atoms with van der Waals surface area (Å²) in [4.78, 5) is 0. The molecule has 2 nitrogen and oxygen atoms in total. The van der Waals surface area contributed by atoms with Crippen LogP contribution in [0.2, 0.25) is 0 Å². The third-order valence-corrected chi connectivity index (χ3v) is 3.22. The first-order valence-corrected chi connectivity index (χ1v) is 5.84. The first-order valence-electron chi connectivity index (χ1n) is 5.84. The molecule has 0 radical (unpaired) electrons. The number of methoxy groups -OCH3 is 1. The standard InChI is InChI=1S/C14H23NO/c1-10-8-12(3)13(9-11(10)2)14(15-4)6-7-16-5/h8-9,14-15H,6-7H2,1-5H3. The Balaban J connectivity index is 2.95. The highest BCUT2D eigenvalue weighted by atomic mass is 16.5. The lowest BCUT2D eigenvalue weighted by molar-refractivity contribution is 0.184. The lowest BCUT2D eigenvalue weighted by Crippen LogP contribution is -2.19. The molecule has 0 bridgehead atoms. The van der Waals surface area contributed by atoms with E-state index >= 15 is 0 Å². The highest BCUT2D eigenvalue weighted by Crippen LogP contribution is 2.23. The number of rotatable bonds is 5. The van der Waals surface area contributed by atoms with Crippen molar-refractivity contribution in [3.05, 3.63) is 34.4 Å². The van der Waals surface area contributed by atoms with E-state index in [0.29, 0.717) is 6.04 Å². The van der Waals surface area contributed by atoms with E-state index < -0.39 is 0 Å². The predicted octanol–water partition coefficient (Wildman–Crippen LogP) is 2.91. The number of aryl methyl sites for hydroxylation is 3. The van der Waals surface area contributed by atoms with E-state index in [1.165, 1.54) is 22.3 Å². The lowest BCUT2D eigenvalue weighted by Gasteiger charge is -2.20. The Morgan fingerprint density at radius 3 is 2.31 bits per heavy atom. The van der Waals surface area contributed by atoms with E-state index in [4.69, 9.17) is 4.74 Å². The zero-order valence-corrected chi connectivity index (χ0v) is 11.1. The van der Waals surface area contributed by atoms with Gasteiger partial charge in [0.05, 0.1) is 0 Å². The molecule has 0 spiro atoms. The van der Waals surface area contributed by atoms with Crippen LogP contribution in [0, 0.1) is 20.8 Å². The molecule has 1 aromatic carbocycles. The molecule has 0 aliphatic carbocycles. The van der Waals surface area contributed by atoms with Crippen molar-refractivity contribution in [3.63, 3.8) is 0 Å².